The SMILES string of the molecule is COc1ccc2scc(C)c2c1.N. The lowest BCUT2D eigenvalue weighted by Gasteiger charge is -1.98. The predicted molar refractivity (Wildman–Crippen MR) is 58.1 cm³/mol. The first-order valence-electron chi connectivity index (χ1n) is 3.83. The van der Waals surface area contributed by atoms with Crippen molar-refractivity contribution in [3.8, 4) is 5.75 Å². The molecule has 0 radical (unpaired) electrons. The van der Waals surface area contributed by atoms with Crippen molar-refractivity contribution in [3.05, 3.63) is 29.1 Å². The molecule has 0 amide bonds. The Morgan fingerprint density at radius 3 is 2.77 bits per heavy atom. The van der Waals surface area contributed by atoms with Crippen molar-refractivity contribution >= 4 is 21.4 Å². The van der Waals surface area contributed by atoms with Crippen molar-refractivity contribution in [3.63, 3.8) is 0 Å². The van der Waals surface area contributed by atoms with Crippen LogP contribution >= 0.6 is 11.3 Å². The zero-order valence-electron chi connectivity index (χ0n) is 7.83. The third-order valence-corrected chi connectivity index (χ3v) is 3.06. The van der Waals surface area contributed by atoms with E-state index in [1.54, 1.807) is 18.4 Å². The molecule has 3 heteroatoms. The third-order valence-electron chi connectivity index (χ3n) is 1.97. The zero-order valence-corrected chi connectivity index (χ0v) is 8.65. The quantitative estimate of drug-likeness (QED) is 0.758. The lowest BCUT2D eigenvalue weighted by molar-refractivity contribution is 0.415. The molecule has 0 saturated heterocycles. The first-order valence-corrected chi connectivity index (χ1v) is 4.71. The van der Waals surface area contributed by atoms with Gasteiger partial charge >= 0.3 is 0 Å². The summed E-state index contributed by atoms with van der Waals surface area (Å²) in [7, 11) is 1.70. The van der Waals surface area contributed by atoms with Gasteiger partial charge in [-0.15, -0.1) is 11.3 Å². The number of rotatable bonds is 1. The average Bonchev–Trinajstić information content (AvgIpc) is 2.47. The Morgan fingerprint density at radius 1 is 1.31 bits per heavy atom. The number of hydrogen-bond acceptors (Lipinski definition) is 3. The summed E-state index contributed by atoms with van der Waals surface area (Å²) in [4.78, 5) is 0. The highest BCUT2D eigenvalue weighted by Crippen LogP contribution is 2.28. The fourth-order valence-electron chi connectivity index (χ4n) is 1.26. The highest BCUT2D eigenvalue weighted by Gasteiger charge is 2.00. The number of ether oxygens (including phenoxy) is 1. The Balaban J connectivity index is 0.000000845. The van der Waals surface area contributed by atoms with Crippen LogP contribution in [0.4, 0.5) is 0 Å². The van der Waals surface area contributed by atoms with Gasteiger partial charge in [-0.1, -0.05) is 0 Å². The first kappa shape index (κ1) is 10.0. The molecule has 1 aromatic carbocycles. The molecule has 2 nitrogen and oxygen atoms in total. The van der Waals surface area contributed by atoms with Gasteiger partial charge in [0.05, 0.1) is 7.11 Å². The van der Waals surface area contributed by atoms with Crippen LogP contribution in [0.2, 0.25) is 0 Å². The van der Waals surface area contributed by atoms with Gasteiger partial charge in [-0.25, -0.2) is 0 Å². The molecule has 3 N–H and O–H groups in total. The van der Waals surface area contributed by atoms with Crippen LogP contribution in [0.3, 0.4) is 0 Å². The van der Waals surface area contributed by atoms with Gasteiger partial charge < -0.3 is 10.9 Å². The molecule has 0 unspecified atom stereocenters. The van der Waals surface area contributed by atoms with Gasteiger partial charge in [0, 0.05) is 4.70 Å². The number of thiophene rings is 1. The van der Waals surface area contributed by atoms with Crippen molar-refractivity contribution in [2.45, 2.75) is 6.92 Å². The van der Waals surface area contributed by atoms with Gasteiger partial charge in [0.15, 0.2) is 0 Å². The summed E-state index contributed by atoms with van der Waals surface area (Å²) in [6, 6.07) is 6.19. The van der Waals surface area contributed by atoms with Crippen LogP contribution in [0.1, 0.15) is 5.56 Å². The van der Waals surface area contributed by atoms with E-state index in [2.05, 4.69) is 24.4 Å². The van der Waals surface area contributed by atoms with E-state index in [-0.39, 0.29) is 6.15 Å². The molecular formula is C10H13NOS. The standard InChI is InChI=1S/C10H10OS.H3N/c1-7-6-12-10-4-3-8(11-2)5-9(7)10;/h3-6H,1-2H3;1H3. The van der Waals surface area contributed by atoms with E-state index >= 15 is 0 Å². The molecule has 0 aliphatic rings. The zero-order chi connectivity index (χ0) is 8.55. The van der Waals surface area contributed by atoms with E-state index in [1.165, 1.54) is 15.6 Å². The Hall–Kier alpha value is -1.06. The predicted octanol–water partition coefficient (Wildman–Crippen LogP) is 3.38. The minimum absolute atomic E-state index is 0. The second-order valence-electron chi connectivity index (χ2n) is 2.78. The molecule has 2 rings (SSSR count). The minimum Gasteiger partial charge on any atom is -0.497 e. The lowest BCUT2D eigenvalue weighted by Crippen LogP contribution is -1.80. The largest absolute Gasteiger partial charge is 0.497 e. The number of fused-ring (bicyclic) bond motifs is 1. The second kappa shape index (κ2) is 3.77. The summed E-state index contributed by atoms with van der Waals surface area (Å²) < 4.78 is 6.48. The van der Waals surface area contributed by atoms with Crippen LogP contribution in [0.5, 0.6) is 5.75 Å². The molecular weight excluding hydrogens is 182 g/mol. The summed E-state index contributed by atoms with van der Waals surface area (Å²) in [5.41, 5.74) is 1.33. The third kappa shape index (κ3) is 1.66. The molecule has 0 aliphatic carbocycles. The highest BCUT2D eigenvalue weighted by molar-refractivity contribution is 7.17. The molecule has 70 valence electrons. The maximum absolute atomic E-state index is 5.15. The molecule has 0 aliphatic heterocycles. The van der Waals surface area contributed by atoms with Gasteiger partial charge in [0.2, 0.25) is 0 Å². The van der Waals surface area contributed by atoms with Crippen molar-refractivity contribution < 1.29 is 4.74 Å². The Morgan fingerprint density at radius 2 is 2.08 bits per heavy atom. The van der Waals surface area contributed by atoms with E-state index in [0.29, 0.717) is 0 Å². The molecule has 2 aromatic rings. The highest BCUT2D eigenvalue weighted by atomic mass is 32.1. The Labute approximate surface area is 81.7 Å². The van der Waals surface area contributed by atoms with Crippen LogP contribution in [0, 0.1) is 6.92 Å². The van der Waals surface area contributed by atoms with E-state index in [0.717, 1.165) is 5.75 Å². The van der Waals surface area contributed by atoms with Crippen molar-refractivity contribution in [1.82, 2.24) is 6.15 Å². The number of methoxy groups -OCH3 is 1. The number of aryl methyl sites for hydroxylation is 1. The van der Waals surface area contributed by atoms with Gasteiger partial charge in [-0.3, -0.25) is 0 Å². The fourth-order valence-corrected chi connectivity index (χ4v) is 2.19. The second-order valence-corrected chi connectivity index (χ2v) is 3.69. The molecule has 0 spiro atoms. The topological polar surface area (TPSA) is 44.2 Å². The Kier molecular flexibility index (Phi) is 2.90. The monoisotopic (exact) mass is 195 g/mol. The van der Waals surface area contributed by atoms with Crippen LogP contribution in [0.25, 0.3) is 10.1 Å². The summed E-state index contributed by atoms with van der Waals surface area (Å²) >= 11 is 1.78. The van der Waals surface area contributed by atoms with Crippen LogP contribution in [-0.2, 0) is 0 Å². The summed E-state index contributed by atoms with van der Waals surface area (Å²) in [5.74, 6) is 0.934. The lowest BCUT2D eigenvalue weighted by atomic mass is 10.2. The molecule has 0 atom stereocenters. The Bertz CT molecular complexity index is 408. The summed E-state index contributed by atoms with van der Waals surface area (Å²) in [6.07, 6.45) is 0. The van der Waals surface area contributed by atoms with E-state index in [4.69, 9.17) is 4.74 Å². The van der Waals surface area contributed by atoms with Gasteiger partial charge in [0.1, 0.15) is 5.75 Å². The maximum Gasteiger partial charge on any atom is 0.119 e. The molecule has 1 heterocycles. The molecule has 0 saturated carbocycles. The van der Waals surface area contributed by atoms with E-state index in [1.807, 2.05) is 6.07 Å². The van der Waals surface area contributed by atoms with E-state index in [9.17, 15) is 0 Å². The average molecular weight is 195 g/mol. The molecule has 0 fully saturated rings. The van der Waals surface area contributed by atoms with Crippen LogP contribution < -0.4 is 10.9 Å². The number of hydrogen-bond donors (Lipinski definition) is 1. The summed E-state index contributed by atoms with van der Waals surface area (Å²) in [5, 5.41) is 3.48. The van der Waals surface area contributed by atoms with Crippen LogP contribution in [-0.4, -0.2) is 7.11 Å². The number of benzene rings is 1. The molecule has 0 bridgehead atoms. The normalized spacial score (nSPS) is 9.69. The fraction of sp³-hybridized carbons (Fsp3) is 0.200. The van der Waals surface area contributed by atoms with Gasteiger partial charge in [-0.2, -0.15) is 0 Å². The maximum atomic E-state index is 5.15. The molecule has 13 heavy (non-hydrogen) atoms. The van der Waals surface area contributed by atoms with Gasteiger partial charge in [0.25, 0.3) is 0 Å². The smallest absolute Gasteiger partial charge is 0.119 e. The van der Waals surface area contributed by atoms with Gasteiger partial charge in [-0.05, 0) is 41.5 Å². The van der Waals surface area contributed by atoms with Crippen LogP contribution in [0.15, 0.2) is 23.6 Å². The first-order chi connectivity index (χ1) is 5.81. The van der Waals surface area contributed by atoms with E-state index < -0.39 is 0 Å². The van der Waals surface area contributed by atoms with Crippen molar-refractivity contribution in [1.29, 1.82) is 0 Å². The summed E-state index contributed by atoms with van der Waals surface area (Å²) in [6.45, 7) is 2.12. The van der Waals surface area contributed by atoms with Crippen molar-refractivity contribution in [2.24, 2.45) is 0 Å². The minimum atomic E-state index is 0. The molecule has 1 aromatic heterocycles. The van der Waals surface area contributed by atoms with Crippen molar-refractivity contribution in [2.75, 3.05) is 7.11 Å².